The van der Waals surface area contributed by atoms with Gasteiger partial charge in [0.05, 0.1) is 6.54 Å². The molecule has 0 spiro atoms. The normalized spacial score (nSPS) is 36.6. The highest BCUT2D eigenvalue weighted by molar-refractivity contribution is 5.94. The van der Waals surface area contributed by atoms with Crippen molar-refractivity contribution >= 4 is 12.0 Å². The van der Waals surface area contributed by atoms with Gasteiger partial charge in [0.25, 0.3) is 0 Å². The topological polar surface area (TPSA) is 46.6 Å². The second kappa shape index (κ2) is 3.61. The van der Waals surface area contributed by atoms with Gasteiger partial charge in [-0.2, -0.15) is 0 Å². The lowest BCUT2D eigenvalue weighted by Crippen LogP contribution is -2.43. The van der Waals surface area contributed by atoms with Crippen molar-refractivity contribution < 1.29 is 14.3 Å². The van der Waals surface area contributed by atoms with Gasteiger partial charge >= 0.3 is 6.09 Å². The number of allylic oxidation sites excluding steroid dienone is 2. The molecule has 0 aromatic carbocycles. The average molecular weight is 221 g/mol. The zero-order chi connectivity index (χ0) is 11.1. The maximum atomic E-state index is 12.2. The minimum absolute atomic E-state index is 0.00870. The molecular formula is C12H15NO3. The third-order valence-electron chi connectivity index (χ3n) is 3.92. The van der Waals surface area contributed by atoms with Crippen LogP contribution < -0.4 is 0 Å². The zero-order valence-electron chi connectivity index (χ0n) is 9.09. The Hall–Kier alpha value is -1.32. The summed E-state index contributed by atoms with van der Waals surface area (Å²) in [6.07, 6.45) is 7.09. The van der Waals surface area contributed by atoms with E-state index in [0.29, 0.717) is 25.0 Å². The van der Waals surface area contributed by atoms with Gasteiger partial charge in [-0.05, 0) is 31.1 Å². The summed E-state index contributed by atoms with van der Waals surface area (Å²) in [6, 6.07) is 0. The summed E-state index contributed by atoms with van der Waals surface area (Å²) < 4.78 is 4.81. The van der Waals surface area contributed by atoms with Crippen LogP contribution in [0.25, 0.3) is 0 Å². The molecule has 1 heterocycles. The average Bonchev–Trinajstić information content (AvgIpc) is 2.76. The van der Waals surface area contributed by atoms with Gasteiger partial charge in [0.2, 0.25) is 5.91 Å². The van der Waals surface area contributed by atoms with Crippen molar-refractivity contribution in [2.45, 2.75) is 19.3 Å². The molecule has 2 fully saturated rings. The van der Waals surface area contributed by atoms with Gasteiger partial charge in [0, 0.05) is 5.92 Å². The quantitative estimate of drug-likeness (QED) is 0.631. The van der Waals surface area contributed by atoms with Crippen LogP contribution in [0.3, 0.4) is 0 Å². The molecule has 4 nitrogen and oxygen atoms in total. The van der Waals surface area contributed by atoms with E-state index in [0.717, 1.165) is 12.8 Å². The number of hydrogen-bond acceptors (Lipinski definition) is 3. The Balaban J connectivity index is 1.76. The predicted molar refractivity (Wildman–Crippen MR) is 56.5 cm³/mol. The summed E-state index contributed by atoms with van der Waals surface area (Å²) in [5.74, 6) is 0.861. The fourth-order valence-corrected chi connectivity index (χ4v) is 3.01. The Bertz CT molecular complexity index is 363. The molecule has 0 radical (unpaired) electrons. The molecule has 1 saturated carbocycles. The van der Waals surface area contributed by atoms with E-state index in [1.165, 1.54) is 11.3 Å². The Morgan fingerprint density at radius 1 is 1.38 bits per heavy atom. The number of ether oxygens (including phenoxy) is 1. The number of nitrogens with zero attached hydrogens (tertiary/aromatic N) is 1. The lowest BCUT2D eigenvalue weighted by Gasteiger charge is -2.37. The van der Waals surface area contributed by atoms with Gasteiger partial charge in [-0.1, -0.05) is 12.2 Å². The van der Waals surface area contributed by atoms with Crippen molar-refractivity contribution in [2.24, 2.45) is 17.8 Å². The number of cyclic esters (lactones) is 1. The number of imide groups is 1. The standard InChI is InChI=1S/C12H15NO3/c14-11(13-5-6-16-12(13)15)10-7-8-1-3-9(10)4-2-8/h1,3,8-10H,2,4-7H2/t8-,9+,10-/m1/s1. The van der Waals surface area contributed by atoms with E-state index in [1.54, 1.807) is 0 Å². The van der Waals surface area contributed by atoms with Gasteiger partial charge in [0.1, 0.15) is 6.61 Å². The summed E-state index contributed by atoms with van der Waals surface area (Å²) in [7, 11) is 0. The second-order valence-corrected chi connectivity index (χ2v) is 4.83. The van der Waals surface area contributed by atoms with E-state index in [9.17, 15) is 9.59 Å². The summed E-state index contributed by atoms with van der Waals surface area (Å²) in [6.45, 7) is 0.774. The van der Waals surface area contributed by atoms with Gasteiger partial charge < -0.3 is 4.74 Å². The van der Waals surface area contributed by atoms with E-state index in [4.69, 9.17) is 4.74 Å². The minimum atomic E-state index is -0.463. The van der Waals surface area contributed by atoms with Crippen molar-refractivity contribution in [1.82, 2.24) is 4.90 Å². The Morgan fingerprint density at radius 2 is 2.25 bits per heavy atom. The van der Waals surface area contributed by atoms with E-state index >= 15 is 0 Å². The summed E-state index contributed by atoms with van der Waals surface area (Å²) in [5.41, 5.74) is 0. The highest BCUT2D eigenvalue weighted by Crippen LogP contribution is 2.41. The van der Waals surface area contributed by atoms with Gasteiger partial charge in [-0.3, -0.25) is 4.79 Å². The summed E-state index contributed by atoms with van der Waals surface area (Å²) in [4.78, 5) is 24.8. The molecule has 4 heteroatoms. The van der Waals surface area contributed by atoms with Crippen LogP contribution >= 0.6 is 0 Å². The Kier molecular flexibility index (Phi) is 2.23. The minimum Gasteiger partial charge on any atom is -0.447 e. The molecule has 0 N–H and O–H groups in total. The molecule has 0 unspecified atom stereocenters. The molecule has 3 atom stereocenters. The van der Waals surface area contributed by atoms with E-state index < -0.39 is 6.09 Å². The molecule has 16 heavy (non-hydrogen) atoms. The number of rotatable bonds is 1. The number of carbonyl (C=O) groups excluding carboxylic acids is 2. The number of carbonyl (C=O) groups is 2. The molecule has 1 aliphatic heterocycles. The van der Waals surface area contributed by atoms with Gasteiger partial charge in [-0.25, -0.2) is 9.69 Å². The van der Waals surface area contributed by atoms with Crippen LogP contribution in [-0.2, 0) is 9.53 Å². The van der Waals surface area contributed by atoms with Gasteiger partial charge in [-0.15, -0.1) is 0 Å². The number of hydrogen-bond donors (Lipinski definition) is 0. The highest BCUT2D eigenvalue weighted by atomic mass is 16.6. The molecule has 2 amide bonds. The lowest BCUT2D eigenvalue weighted by molar-refractivity contribution is -0.134. The smallest absolute Gasteiger partial charge is 0.416 e. The largest absolute Gasteiger partial charge is 0.447 e. The zero-order valence-corrected chi connectivity index (χ0v) is 9.09. The molecule has 4 aliphatic rings. The number of fused-ring (bicyclic) bond motifs is 2. The van der Waals surface area contributed by atoms with E-state index in [1.807, 2.05) is 0 Å². The first kappa shape index (κ1) is 9.87. The molecule has 0 aromatic heterocycles. The predicted octanol–water partition coefficient (Wildman–Crippen LogP) is 1.57. The van der Waals surface area contributed by atoms with Gasteiger partial charge in [0.15, 0.2) is 0 Å². The lowest BCUT2D eigenvalue weighted by atomic mass is 9.68. The third-order valence-corrected chi connectivity index (χ3v) is 3.92. The maximum Gasteiger partial charge on any atom is 0.416 e. The molecule has 3 aliphatic carbocycles. The Labute approximate surface area is 94.2 Å². The van der Waals surface area contributed by atoms with Crippen molar-refractivity contribution in [3.05, 3.63) is 12.2 Å². The van der Waals surface area contributed by atoms with E-state index in [-0.39, 0.29) is 11.8 Å². The SMILES string of the molecule is O=C1OCCN1C(=O)[C@@H]1C[C@@H]2C=C[C@H]1CC2. The summed E-state index contributed by atoms with van der Waals surface area (Å²) >= 11 is 0. The van der Waals surface area contributed by atoms with Crippen molar-refractivity contribution in [3.8, 4) is 0 Å². The molecule has 2 bridgehead atoms. The van der Waals surface area contributed by atoms with Crippen LogP contribution in [0, 0.1) is 17.8 Å². The van der Waals surface area contributed by atoms with Crippen LogP contribution in [0.4, 0.5) is 4.79 Å². The first-order chi connectivity index (χ1) is 7.75. The molecule has 0 aromatic rings. The van der Waals surface area contributed by atoms with Crippen LogP contribution in [0.1, 0.15) is 19.3 Å². The third kappa shape index (κ3) is 1.44. The monoisotopic (exact) mass is 221 g/mol. The molecule has 1 saturated heterocycles. The molecule has 4 rings (SSSR count). The maximum absolute atomic E-state index is 12.2. The first-order valence-corrected chi connectivity index (χ1v) is 5.92. The van der Waals surface area contributed by atoms with Crippen molar-refractivity contribution in [2.75, 3.05) is 13.2 Å². The second-order valence-electron chi connectivity index (χ2n) is 4.83. The fraction of sp³-hybridized carbons (Fsp3) is 0.667. The van der Waals surface area contributed by atoms with Crippen LogP contribution in [0.5, 0.6) is 0 Å². The van der Waals surface area contributed by atoms with Crippen molar-refractivity contribution in [1.29, 1.82) is 0 Å². The highest BCUT2D eigenvalue weighted by Gasteiger charge is 2.41. The molecule has 86 valence electrons. The van der Waals surface area contributed by atoms with E-state index in [2.05, 4.69) is 12.2 Å². The van der Waals surface area contributed by atoms with Crippen LogP contribution in [0.2, 0.25) is 0 Å². The Morgan fingerprint density at radius 3 is 2.75 bits per heavy atom. The number of amides is 2. The van der Waals surface area contributed by atoms with Crippen LogP contribution in [-0.4, -0.2) is 30.1 Å². The first-order valence-electron chi connectivity index (χ1n) is 5.92. The van der Waals surface area contributed by atoms with Crippen LogP contribution in [0.15, 0.2) is 12.2 Å². The molecular weight excluding hydrogens is 206 g/mol. The van der Waals surface area contributed by atoms with Crippen molar-refractivity contribution in [3.63, 3.8) is 0 Å². The summed E-state index contributed by atoms with van der Waals surface area (Å²) in [5, 5.41) is 0. The fourth-order valence-electron chi connectivity index (χ4n) is 3.01.